The average molecular weight is 416 g/mol. The highest BCUT2D eigenvalue weighted by Gasteiger charge is 2.28. The van der Waals surface area contributed by atoms with E-state index in [0.717, 1.165) is 11.1 Å². The second kappa shape index (κ2) is 7.34. The molecule has 0 unspecified atom stereocenters. The molecular weight excluding hydrogens is 390 g/mol. The molecule has 6 nitrogen and oxygen atoms in total. The fraction of sp³-hybridized carbons (Fsp3) is 0.409. The first kappa shape index (κ1) is 21.1. The van der Waals surface area contributed by atoms with Gasteiger partial charge in [0, 0.05) is 10.6 Å². The molecule has 0 saturated heterocycles. The molecule has 0 bridgehead atoms. The van der Waals surface area contributed by atoms with Crippen LogP contribution in [0.25, 0.3) is 16.7 Å². The van der Waals surface area contributed by atoms with Crippen LogP contribution in [0.4, 0.5) is 4.79 Å². The molecule has 1 aromatic heterocycles. The lowest BCUT2D eigenvalue weighted by atomic mass is 9.85. The lowest BCUT2D eigenvalue weighted by Gasteiger charge is -2.25. The molecule has 154 valence electrons. The third-order valence-electron chi connectivity index (χ3n) is 4.15. The number of hydrogen-bond donors (Lipinski definition) is 0. The van der Waals surface area contributed by atoms with Crippen molar-refractivity contribution in [3.63, 3.8) is 0 Å². The standard InChI is InChI=1S/C22H26ClN3O3/c1-13-10-15(21(2,3)4)19(28-20(27)29-22(5,6)7)18(11-13)26-24-16-9-8-14(23)12-17(16)25-26/h8-12H,1-7H3. The van der Waals surface area contributed by atoms with Gasteiger partial charge < -0.3 is 9.47 Å². The van der Waals surface area contributed by atoms with E-state index >= 15 is 0 Å². The number of benzene rings is 2. The maximum atomic E-state index is 12.5. The first-order valence-corrected chi connectivity index (χ1v) is 9.80. The van der Waals surface area contributed by atoms with Gasteiger partial charge in [-0.1, -0.05) is 38.4 Å². The van der Waals surface area contributed by atoms with Crippen LogP contribution >= 0.6 is 11.6 Å². The van der Waals surface area contributed by atoms with E-state index < -0.39 is 11.8 Å². The van der Waals surface area contributed by atoms with Crippen molar-refractivity contribution in [2.75, 3.05) is 0 Å². The van der Waals surface area contributed by atoms with E-state index in [1.807, 2.05) is 19.1 Å². The van der Waals surface area contributed by atoms with Crippen molar-refractivity contribution in [3.05, 3.63) is 46.5 Å². The van der Waals surface area contributed by atoms with E-state index in [4.69, 9.17) is 21.1 Å². The average Bonchev–Trinajstić information content (AvgIpc) is 2.96. The van der Waals surface area contributed by atoms with Crippen molar-refractivity contribution < 1.29 is 14.3 Å². The van der Waals surface area contributed by atoms with Crippen LogP contribution in [0, 0.1) is 6.92 Å². The molecule has 0 amide bonds. The molecule has 0 N–H and O–H groups in total. The number of nitrogens with zero attached hydrogens (tertiary/aromatic N) is 3. The molecular formula is C22H26ClN3O3. The van der Waals surface area contributed by atoms with E-state index in [0.29, 0.717) is 27.5 Å². The van der Waals surface area contributed by atoms with Gasteiger partial charge in [0.05, 0.1) is 0 Å². The Morgan fingerprint density at radius 1 is 1.00 bits per heavy atom. The van der Waals surface area contributed by atoms with Gasteiger partial charge in [-0.3, -0.25) is 0 Å². The van der Waals surface area contributed by atoms with Gasteiger partial charge in [0.25, 0.3) is 0 Å². The third kappa shape index (κ3) is 4.88. The van der Waals surface area contributed by atoms with Crippen LogP contribution in [0.1, 0.15) is 52.7 Å². The molecule has 0 aliphatic rings. The van der Waals surface area contributed by atoms with Gasteiger partial charge in [0.2, 0.25) is 0 Å². The highest BCUT2D eigenvalue weighted by Crippen LogP contribution is 2.37. The molecule has 0 atom stereocenters. The summed E-state index contributed by atoms with van der Waals surface area (Å²) in [4.78, 5) is 14.0. The van der Waals surface area contributed by atoms with E-state index in [1.165, 1.54) is 4.80 Å². The van der Waals surface area contributed by atoms with Crippen LogP contribution in [0.15, 0.2) is 30.3 Å². The fourth-order valence-corrected chi connectivity index (χ4v) is 3.08. The third-order valence-corrected chi connectivity index (χ3v) is 4.39. The molecule has 2 aromatic carbocycles. The number of halogens is 1. The van der Waals surface area contributed by atoms with Gasteiger partial charge in [0.15, 0.2) is 5.75 Å². The molecule has 0 radical (unpaired) electrons. The van der Waals surface area contributed by atoms with Gasteiger partial charge in [-0.25, -0.2) is 4.79 Å². The highest BCUT2D eigenvalue weighted by molar-refractivity contribution is 6.31. The zero-order valence-corrected chi connectivity index (χ0v) is 18.6. The van der Waals surface area contributed by atoms with Crippen LogP contribution < -0.4 is 4.74 Å². The molecule has 3 aromatic rings. The summed E-state index contributed by atoms with van der Waals surface area (Å²) in [5, 5.41) is 9.66. The number of aromatic nitrogens is 3. The Balaban J connectivity index is 2.18. The van der Waals surface area contributed by atoms with Crippen molar-refractivity contribution in [3.8, 4) is 11.4 Å². The Bertz CT molecular complexity index is 1080. The summed E-state index contributed by atoms with van der Waals surface area (Å²) in [5.74, 6) is 0.378. The van der Waals surface area contributed by atoms with E-state index in [2.05, 4.69) is 31.0 Å². The maximum Gasteiger partial charge on any atom is 0.514 e. The number of carbonyl (C=O) groups is 1. The number of hydrogen-bond acceptors (Lipinski definition) is 5. The number of rotatable bonds is 2. The predicted octanol–water partition coefficient (Wildman–Crippen LogP) is 5.99. The normalized spacial score (nSPS) is 12.3. The van der Waals surface area contributed by atoms with E-state index in [9.17, 15) is 4.79 Å². The molecule has 0 saturated carbocycles. The second-order valence-corrected chi connectivity index (χ2v) is 9.54. The van der Waals surface area contributed by atoms with E-state index in [-0.39, 0.29) is 5.41 Å². The molecule has 0 aliphatic heterocycles. The molecule has 29 heavy (non-hydrogen) atoms. The van der Waals surface area contributed by atoms with Gasteiger partial charge in [0.1, 0.15) is 22.3 Å². The van der Waals surface area contributed by atoms with Crippen molar-refractivity contribution in [2.45, 2.75) is 59.5 Å². The van der Waals surface area contributed by atoms with Crippen LogP contribution in [0.3, 0.4) is 0 Å². The maximum absolute atomic E-state index is 12.5. The van der Waals surface area contributed by atoms with Crippen LogP contribution in [-0.2, 0) is 10.2 Å². The first-order valence-electron chi connectivity index (χ1n) is 9.42. The van der Waals surface area contributed by atoms with Crippen LogP contribution in [-0.4, -0.2) is 26.8 Å². The molecule has 0 spiro atoms. The van der Waals surface area contributed by atoms with E-state index in [1.54, 1.807) is 39.0 Å². The molecule has 3 rings (SSSR count). The Morgan fingerprint density at radius 3 is 2.28 bits per heavy atom. The van der Waals surface area contributed by atoms with Gasteiger partial charge in [-0.15, -0.1) is 15.0 Å². The van der Waals surface area contributed by atoms with Crippen molar-refractivity contribution in [2.24, 2.45) is 0 Å². The summed E-state index contributed by atoms with van der Waals surface area (Å²) in [7, 11) is 0. The molecule has 0 fully saturated rings. The summed E-state index contributed by atoms with van der Waals surface area (Å²) >= 11 is 6.08. The Labute approximate surface area is 175 Å². The Morgan fingerprint density at radius 2 is 1.66 bits per heavy atom. The summed E-state index contributed by atoms with van der Waals surface area (Å²) in [6, 6.07) is 9.20. The summed E-state index contributed by atoms with van der Waals surface area (Å²) < 4.78 is 11.1. The monoisotopic (exact) mass is 415 g/mol. The summed E-state index contributed by atoms with van der Waals surface area (Å²) in [6.07, 6.45) is -0.771. The van der Waals surface area contributed by atoms with Gasteiger partial charge in [-0.2, -0.15) is 0 Å². The van der Waals surface area contributed by atoms with Crippen molar-refractivity contribution >= 4 is 28.8 Å². The molecule has 1 heterocycles. The zero-order chi connectivity index (χ0) is 21.6. The number of ether oxygens (including phenoxy) is 2. The smallest absolute Gasteiger partial charge is 0.428 e. The minimum Gasteiger partial charge on any atom is -0.428 e. The summed E-state index contributed by atoms with van der Waals surface area (Å²) in [6.45, 7) is 13.5. The lowest BCUT2D eigenvalue weighted by Crippen LogP contribution is -2.27. The Hall–Kier alpha value is -2.60. The quantitative estimate of drug-likeness (QED) is 0.379. The predicted molar refractivity (Wildman–Crippen MR) is 114 cm³/mol. The number of fused-ring (bicyclic) bond motifs is 1. The molecule has 7 heteroatoms. The first-order chi connectivity index (χ1) is 13.3. The van der Waals surface area contributed by atoms with Crippen LogP contribution in [0.5, 0.6) is 5.75 Å². The Kier molecular flexibility index (Phi) is 5.34. The highest BCUT2D eigenvalue weighted by atomic mass is 35.5. The van der Waals surface area contributed by atoms with Crippen molar-refractivity contribution in [1.82, 2.24) is 15.0 Å². The number of carbonyl (C=O) groups excluding carboxylic acids is 1. The SMILES string of the molecule is Cc1cc(-n2nc3ccc(Cl)cc3n2)c(OC(=O)OC(C)(C)C)c(C(C)(C)C)c1. The largest absolute Gasteiger partial charge is 0.514 e. The lowest BCUT2D eigenvalue weighted by molar-refractivity contribution is 0.0202. The minimum absolute atomic E-state index is 0.284. The fourth-order valence-electron chi connectivity index (χ4n) is 2.92. The second-order valence-electron chi connectivity index (χ2n) is 9.10. The zero-order valence-electron chi connectivity index (χ0n) is 17.8. The summed E-state index contributed by atoms with van der Waals surface area (Å²) in [5.41, 5.74) is 2.82. The van der Waals surface area contributed by atoms with Gasteiger partial charge in [-0.05, 0) is 62.9 Å². The number of aryl methyl sites for hydroxylation is 1. The van der Waals surface area contributed by atoms with Crippen molar-refractivity contribution in [1.29, 1.82) is 0 Å². The minimum atomic E-state index is -0.771. The van der Waals surface area contributed by atoms with Crippen LogP contribution in [0.2, 0.25) is 5.02 Å². The topological polar surface area (TPSA) is 66.2 Å². The van der Waals surface area contributed by atoms with Gasteiger partial charge >= 0.3 is 6.16 Å². The molecule has 0 aliphatic carbocycles.